The normalized spacial score (nSPS) is 19.4. The van der Waals surface area contributed by atoms with Crippen molar-refractivity contribution >= 4 is 11.6 Å². The molecule has 1 fully saturated rings. The summed E-state index contributed by atoms with van der Waals surface area (Å²) in [5.41, 5.74) is 2.80. The van der Waals surface area contributed by atoms with E-state index < -0.39 is 0 Å². The molecular weight excluding hydrogens is 240 g/mol. The lowest BCUT2D eigenvalue weighted by Crippen LogP contribution is -2.18. The third-order valence-electron chi connectivity index (χ3n) is 4.38. The van der Waals surface area contributed by atoms with E-state index in [1.165, 1.54) is 49.7 Å². The highest BCUT2D eigenvalue weighted by molar-refractivity contribution is 6.18. The average Bonchev–Trinajstić information content (AvgIpc) is 2.67. The largest absolute Gasteiger partial charge is 0.126 e. The molecule has 1 saturated carbocycles. The molecule has 0 N–H and O–H groups in total. The minimum atomic E-state index is 0.674. The standard InChI is InChI=1S/C17H25Cl/c1-14-8-10-15(11-9-14)12-17(13-18)16-6-4-2-3-5-7-16/h8-11,16-17H,2-7,12-13H2,1H3. The summed E-state index contributed by atoms with van der Waals surface area (Å²) in [7, 11) is 0. The Balaban J connectivity index is 1.97. The first-order valence-corrected chi connectivity index (χ1v) is 7.94. The number of rotatable bonds is 4. The molecule has 100 valence electrons. The van der Waals surface area contributed by atoms with Gasteiger partial charge < -0.3 is 0 Å². The van der Waals surface area contributed by atoms with Gasteiger partial charge in [-0.1, -0.05) is 68.4 Å². The van der Waals surface area contributed by atoms with Gasteiger partial charge in [-0.15, -0.1) is 11.6 Å². The lowest BCUT2D eigenvalue weighted by molar-refractivity contribution is 0.321. The molecule has 0 spiro atoms. The Hall–Kier alpha value is -0.490. The number of hydrogen-bond donors (Lipinski definition) is 0. The molecule has 18 heavy (non-hydrogen) atoms. The number of hydrogen-bond acceptors (Lipinski definition) is 0. The lowest BCUT2D eigenvalue weighted by Gasteiger charge is -2.24. The summed E-state index contributed by atoms with van der Waals surface area (Å²) in [4.78, 5) is 0. The minimum absolute atomic E-state index is 0.674. The zero-order valence-electron chi connectivity index (χ0n) is 11.5. The van der Waals surface area contributed by atoms with Crippen LogP contribution in [0.3, 0.4) is 0 Å². The molecule has 0 bridgehead atoms. The molecule has 0 radical (unpaired) electrons. The predicted octanol–water partition coefficient (Wildman–Crippen LogP) is 5.36. The van der Waals surface area contributed by atoms with E-state index in [0.717, 1.165) is 18.2 Å². The van der Waals surface area contributed by atoms with E-state index in [4.69, 9.17) is 11.6 Å². The zero-order valence-corrected chi connectivity index (χ0v) is 12.3. The van der Waals surface area contributed by atoms with Crippen LogP contribution >= 0.6 is 11.6 Å². The maximum Gasteiger partial charge on any atom is 0.0257 e. The Morgan fingerprint density at radius 3 is 2.22 bits per heavy atom. The Kier molecular flexibility index (Phi) is 5.56. The van der Waals surface area contributed by atoms with Gasteiger partial charge in [0.05, 0.1) is 0 Å². The summed E-state index contributed by atoms with van der Waals surface area (Å²) in [6.07, 6.45) is 9.62. The Bertz CT molecular complexity index is 333. The molecule has 2 rings (SSSR count). The average molecular weight is 265 g/mol. The second-order valence-electron chi connectivity index (χ2n) is 5.86. The van der Waals surface area contributed by atoms with Crippen molar-refractivity contribution in [3.63, 3.8) is 0 Å². The van der Waals surface area contributed by atoms with Crippen LogP contribution in [0.5, 0.6) is 0 Å². The van der Waals surface area contributed by atoms with Gasteiger partial charge in [-0.25, -0.2) is 0 Å². The zero-order chi connectivity index (χ0) is 12.8. The number of halogens is 1. The van der Waals surface area contributed by atoms with E-state index >= 15 is 0 Å². The third-order valence-corrected chi connectivity index (χ3v) is 4.78. The SMILES string of the molecule is Cc1ccc(CC(CCl)C2CCCCCC2)cc1. The van der Waals surface area contributed by atoms with Crippen LogP contribution in [0.4, 0.5) is 0 Å². The third kappa shape index (κ3) is 4.02. The van der Waals surface area contributed by atoms with Gasteiger partial charge >= 0.3 is 0 Å². The van der Waals surface area contributed by atoms with Crippen molar-refractivity contribution in [1.29, 1.82) is 0 Å². The van der Waals surface area contributed by atoms with Gasteiger partial charge in [-0.3, -0.25) is 0 Å². The Morgan fingerprint density at radius 1 is 1.06 bits per heavy atom. The lowest BCUT2D eigenvalue weighted by atomic mass is 9.83. The molecule has 0 heterocycles. The summed E-state index contributed by atoms with van der Waals surface area (Å²) in [6.45, 7) is 2.15. The molecule has 1 aliphatic rings. The maximum absolute atomic E-state index is 6.24. The van der Waals surface area contributed by atoms with Crippen molar-refractivity contribution in [3.8, 4) is 0 Å². The van der Waals surface area contributed by atoms with Crippen LogP contribution in [0.15, 0.2) is 24.3 Å². The molecule has 1 atom stereocenters. The topological polar surface area (TPSA) is 0 Å². The highest BCUT2D eigenvalue weighted by Gasteiger charge is 2.22. The Morgan fingerprint density at radius 2 is 1.67 bits per heavy atom. The van der Waals surface area contributed by atoms with Crippen LogP contribution in [0.25, 0.3) is 0 Å². The van der Waals surface area contributed by atoms with Gasteiger partial charge in [-0.2, -0.15) is 0 Å². The summed E-state index contributed by atoms with van der Waals surface area (Å²) in [5, 5.41) is 0. The molecule has 0 aliphatic heterocycles. The molecule has 1 aliphatic carbocycles. The van der Waals surface area contributed by atoms with Crippen LogP contribution in [-0.4, -0.2) is 5.88 Å². The van der Waals surface area contributed by atoms with Gasteiger partial charge in [0.15, 0.2) is 0 Å². The maximum atomic E-state index is 6.24. The molecular formula is C17H25Cl. The van der Waals surface area contributed by atoms with E-state index in [2.05, 4.69) is 31.2 Å². The van der Waals surface area contributed by atoms with Gasteiger partial charge in [0.25, 0.3) is 0 Å². The molecule has 0 saturated heterocycles. The number of alkyl halides is 1. The van der Waals surface area contributed by atoms with Crippen LogP contribution in [0.2, 0.25) is 0 Å². The molecule has 0 amide bonds. The van der Waals surface area contributed by atoms with Gasteiger partial charge in [0, 0.05) is 5.88 Å². The first kappa shape index (κ1) is 13.9. The fourth-order valence-electron chi connectivity index (χ4n) is 3.16. The van der Waals surface area contributed by atoms with Crippen molar-refractivity contribution < 1.29 is 0 Å². The van der Waals surface area contributed by atoms with Crippen LogP contribution in [0, 0.1) is 18.8 Å². The second-order valence-corrected chi connectivity index (χ2v) is 6.16. The molecule has 1 aromatic carbocycles. The minimum Gasteiger partial charge on any atom is -0.126 e. The molecule has 1 heteroatoms. The van der Waals surface area contributed by atoms with Crippen molar-refractivity contribution in [2.75, 3.05) is 5.88 Å². The molecule has 1 aromatic rings. The van der Waals surface area contributed by atoms with E-state index in [0.29, 0.717) is 5.92 Å². The fourth-order valence-corrected chi connectivity index (χ4v) is 3.52. The van der Waals surface area contributed by atoms with Crippen LogP contribution in [0.1, 0.15) is 49.7 Å². The fraction of sp³-hybridized carbons (Fsp3) is 0.647. The van der Waals surface area contributed by atoms with Crippen LogP contribution < -0.4 is 0 Å². The Labute approximate surface area is 117 Å². The first-order valence-electron chi connectivity index (χ1n) is 7.41. The highest BCUT2D eigenvalue weighted by Crippen LogP contribution is 2.31. The highest BCUT2D eigenvalue weighted by atomic mass is 35.5. The van der Waals surface area contributed by atoms with Crippen molar-refractivity contribution in [2.24, 2.45) is 11.8 Å². The smallest absolute Gasteiger partial charge is 0.0257 e. The van der Waals surface area contributed by atoms with E-state index in [1.54, 1.807) is 0 Å². The van der Waals surface area contributed by atoms with Crippen LogP contribution in [-0.2, 0) is 6.42 Å². The summed E-state index contributed by atoms with van der Waals surface area (Å²) < 4.78 is 0. The van der Waals surface area contributed by atoms with E-state index in [1.807, 2.05) is 0 Å². The second kappa shape index (κ2) is 7.19. The summed E-state index contributed by atoms with van der Waals surface area (Å²) >= 11 is 6.24. The summed E-state index contributed by atoms with van der Waals surface area (Å²) in [5.74, 6) is 2.34. The first-order chi connectivity index (χ1) is 8.79. The quantitative estimate of drug-likeness (QED) is 0.507. The number of benzene rings is 1. The van der Waals surface area contributed by atoms with Crippen molar-refractivity contribution in [1.82, 2.24) is 0 Å². The van der Waals surface area contributed by atoms with Gasteiger partial charge in [0.1, 0.15) is 0 Å². The van der Waals surface area contributed by atoms with E-state index in [9.17, 15) is 0 Å². The summed E-state index contributed by atoms with van der Waals surface area (Å²) in [6, 6.07) is 8.97. The predicted molar refractivity (Wildman–Crippen MR) is 80.3 cm³/mol. The molecule has 1 unspecified atom stereocenters. The van der Waals surface area contributed by atoms with Crippen molar-refractivity contribution in [2.45, 2.75) is 51.9 Å². The monoisotopic (exact) mass is 264 g/mol. The van der Waals surface area contributed by atoms with Crippen molar-refractivity contribution in [3.05, 3.63) is 35.4 Å². The molecule has 0 nitrogen and oxygen atoms in total. The van der Waals surface area contributed by atoms with E-state index in [-0.39, 0.29) is 0 Å². The van der Waals surface area contributed by atoms with Gasteiger partial charge in [-0.05, 0) is 30.7 Å². The number of aryl methyl sites for hydroxylation is 1. The molecule has 0 aromatic heterocycles. The van der Waals surface area contributed by atoms with Gasteiger partial charge in [0.2, 0.25) is 0 Å².